The van der Waals surface area contributed by atoms with Gasteiger partial charge in [0.2, 0.25) is 11.5 Å². The highest BCUT2D eigenvalue weighted by Crippen LogP contribution is 2.44. The summed E-state index contributed by atoms with van der Waals surface area (Å²) < 4.78 is 125. The number of halogens is 9. The molecule has 0 aliphatic rings. The number of anilines is 1. The van der Waals surface area contributed by atoms with Crippen molar-refractivity contribution >= 4 is 17.7 Å². The second kappa shape index (κ2) is 10.9. The minimum atomic E-state index is -5.81. The van der Waals surface area contributed by atoms with Crippen LogP contribution < -0.4 is 11.1 Å². The maximum absolute atomic E-state index is 14.4. The zero-order valence-electron chi connectivity index (χ0n) is 20.9. The normalized spacial score (nSPS) is 13.9. The third-order valence-corrected chi connectivity index (χ3v) is 5.57. The molecule has 2 heterocycles. The van der Waals surface area contributed by atoms with Crippen molar-refractivity contribution in [3.63, 3.8) is 0 Å². The molecule has 1 unspecified atom stereocenters. The van der Waals surface area contributed by atoms with Gasteiger partial charge in [-0.05, 0) is 18.6 Å². The predicted octanol–water partition coefficient (Wildman–Crippen LogP) is 4.46. The SMILES string of the molecule is CC(=O)NCC(OC(=O)C(F)(F)F)(c1ccc(C)c(-c2cnc(N)c(-c3cnn(CC(F)(F)F)c3)n2)c1)C(F)(F)F. The number of carbonyl (C=O) groups excluding carboxylic acids is 2. The molecule has 0 spiro atoms. The van der Waals surface area contributed by atoms with Gasteiger partial charge in [-0.3, -0.25) is 9.48 Å². The summed E-state index contributed by atoms with van der Waals surface area (Å²) in [7, 11) is 0. The topological polar surface area (TPSA) is 125 Å². The molecule has 41 heavy (non-hydrogen) atoms. The minimum Gasteiger partial charge on any atom is -0.436 e. The van der Waals surface area contributed by atoms with E-state index < -0.39 is 54.7 Å². The number of aromatic nitrogens is 4. The van der Waals surface area contributed by atoms with Crippen molar-refractivity contribution in [2.24, 2.45) is 0 Å². The number of benzene rings is 1. The van der Waals surface area contributed by atoms with Crippen LogP contribution in [0.2, 0.25) is 0 Å². The van der Waals surface area contributed by atoms with Crippen LogP contribution >= 0.6 is 0 Å². The van der Waals surface area contributed by atoms with E-state index in [0.717, 1.165) is 43.7 Å². The number of hydrogen-bond donors (Lipinski definition) is 2. The molecule has 2 aromatic heterocycles. The summed E-state index contributed by atoms with van der Waals surface area (Å²) in [5.74, 6) is -4.50. The molecule has 0 bridgehead atoms. The fraction of sp³-hybridized carbons (Fsp3) is 0.348. The number of nitrogen functional groups attached to an aromatic ring is 1. The van der Waals surface area contributed by atoms with E-state index >= 15 is 0 Å². The fourth-order valence-electron chi connectivity index (χ4n) is 3.63. The Hall–Kier alpha value is -4.38. The second-order valence-electron chi connectivity index (χ2n) is 8.68. The molecule has 222 valence electrons. The van der Waals surface area contributed by atoms with E-state index in [2.05, 4.69) is 19.8 Å². The van der Waals surface area contributed by atoms with Crippen LogP contribution in [0.1, 0.15) is 18.1 Å². The van der Waals surface area contributed by atoms with Gasteiger partial charge in [-0.1, -0.05) is 12.1 Å². The lowest BCUT2D eigenvalue weighted by Crippen LogP contribution is -2.55. The summed E-state index contributed by atoms with van der Waals surface area (Å²) in [6.07, 6.45) is -13.1. The Bertz CT molecular complexity index is 1450. The van der Waals surface area contributed by atoms with Gasteiger partial charge in [0.25, 0.3) is 0 Å². The molecule has 3 rings (SSSR count). The third-order valence-electron chi connectivity index (χ3n) is 5.57. The zero-order chi connectivity index (χ0) is 31.0. The van der Waals surface area contributed by atoms with Crippen LogP contribution in [0.25, 0.3) is 22.5 Å². The number of aryl methyl sites for hydroxylation is 1. The molecule has 0 aliphatic heterocycles. The van der Waals surface area contributed by atoms with E-state index in [-0.39, 0.29) is 33.9 Å². The molecule has 1 aromatic carbocycles. The van der Waals surface area contributed by atoms with Gasteiger partial charge in [-0.2, -0.15) is 44.6 Å². The first-order valence-electron chi connectivity index (χ1n) is 11.2. The van der Waals surface area contributed by atoms with Crippen LogP contribution in [-0.4, -0.2) is 56.7 Å². The number of ether oxygens (including phenoxy) is 1. The van der Waals surface area contributed by atoms with Gasteiger partial charge >= 0.3 is 24.5 Å². The molecule has 0 aliphatic carbocycles. The van der Waals surface area contributed by atoms with E-state index in [1.54, 1.807) is 5.32 Å². The molecule has 1 atom stereocenters. The molecule has 0 radical (unpaired) electrons. The summed E-state index contributed by atoms with van der Waals surface area (Å²) in [4.78, 5) is 31.1. The quantitative estimate of drug-likeness (QED) is 0.304. The Morgan fingerprint density at radius 2 is 1.71 bits per heavy atom. The number of nitrogens with zero attached hydrogens (tertiary/aromatic N) is 4. The van der Waals surface area contributed by atoms with Crippen LogP contribution in [0.15, 0.2) is 36.8 Å². The number of nitrogens with two attached hydrogens (primary N) is 1. The first kappa shape index (κ1) is 31.2. The van der Waals surface area contributed by atoms with Crippen molar-refractivity contribution in [1.82, 2.24) is 25.1 Å². The van der Waals surface area contributed by atoms with E-state index in [9.17, 15) is 49.1 Å². The van der Waals surface area contributed by atoms with Gasteiger partial charge in [0.15, 0.2) is 0 Å². The highest BCUT2D eigenvalue weighted by atomic mass is 19.4. The standard InChI is InChI=1S/C23H19F9N6O3/c1-11-3-4-14(20(23(30,31)32,9-35-12(2)39)41-19(40)22(27,28)29)5-15(11)16-7-34-18(33)17(37-16)13-6-36-38(8-13)10-21(24,25)26/h3-8H,9-10H2,1-2H3,(H2,33,34)(H,35,39). The van der Waals surface area contributed by atoms with Crippen molar-refractivity contribution in [3.8, 4) is 22.5 Å². The van der Waals surface area contributed by atoms with Gasteiger partial charge in [-0.25, -0.2) is 14.8 Å². The van der Waals surface area contributed by atoms with E-state index in [1.165, 1.54) is 6.92 Å². The average molecular weight is 598 g/mol. The fourth-order valence-corrected chi connectivity index (χ4v) is 3.63. The summed E-state index contributed by atoms with van der Waals surface area (Å²) in [5, 5.41) is 5.31. The smallest absolute Gasteiger partial charge is 0.436 e. The van der Waals surface area contributed by atoms with Crippen LogP contribution in [0, 0.1) is 6.92 Å². The molecule has 0 saturated heterocycles. The summed E-state index contributed by atoms with van der Waals surface area (Å²) >= 11 is 0. The van der Waals surface area contributed by atoms with Crippen LogP contribution in [-0.2, 0) is 26.5 Å². The number of nitrogens with one attached hydrogen (secondary N) is 1. The number of hydrogen-bond acceptors (Lipinski definition) is 7. The molecule has 1 amide bonds. The van der Waals surface area contributed by atoms with Crippen molar-refractivity contribution in [3.05, 3.63) is 47.9 Å². The Morgan fingerprint density at radius 3 is 2.27 bits per heavy atom. The van der Waals surface area contributed by atoms with Crippen molar-refractivity contribution in [1.29, 1.82) is 0 Å². The van der Waals surface area contributed by atoms with Crippen molar-refractivity contribution in [2.75, 3.05) is 12.3 Å². The molecule has 3 N–H and O–H groups in total. The van der Waals surface area contributed by atoms with Gasteiger partial charge in [0.05, 0.1) is 24.6 Å². The number of rotatable bonds is 7. The van der Waals surface area contributed by atoms with Crippen LogP contribution in [0.3, 0.4) is 0 Å². The Balaban J connectivity index is 2.18. The van der Waals surface area contributed by atoms with Gasteiger partial charge in [0.1, 0.15) is 18.1 Å². The lowest BCUT2D eigenvalue weighted by atomic mass is 9.89. The summed E-state index contributed by atoms with van der Waals surface area (Å²) in [5.41, 5.74) is 0.500. The molecule has 0 saturated carbocycles. The Kier molecular flexibility index (Phi) is 8.27. The Morgan fingerprint density at radius 1 is 1.05 bits per heavy atom. The molecule has 3 aromatic rings. The Labute approximate surface area is 224 Å². The highest BCUT2D eigenvalue weighted by Gasteiger charge is 2.62. The average Bonchev–Trinajstić information content (AvgIpc) is 3.27. The zero-order valence-corrected chi connectivity index (χ0v) is 20.9. The monoisotopic (exact) mass is 598 g/mol. The molecule has 18 heteroatoms. The van der Waals surface area contributed by atoms with Crippen LogP contribution in [0.4, 0.5) is 45.3 Å². The van der Waals surface area contributed by atoms with Gasteiger partial charge in [0, 0.05) is 29.8 Å². The lowest BCUT2D eigenvalue weighted by molar-refractivity contribution is -0.288. The van der Waals surface area contributed by atoms with E-state index in [4.69, 9.17) is 5.73 Å². The highest BCUT2D eigenvalue weighted by molar-refractivity contribution is 5.77. The first-order valence-corrected chi connectivity index (χ1v) is 11.2. The number of esters is 1. The number of carbonyl (C=O) groups is 2. The third kappa shape index (κ3) is 7.04. The second-order valence-corrected chi connectivity index (χ2v) is 8.68. The van der Waals surface area contributed by atoms with Crippen molar-refractivity contribution < 1.29 is 53.8 Å². The lowest BCUT2D eigenvalue weighted by Gasteiger charge is -2.36. The predicted molar refractivity (Wildman–Crippen MR) is 122 cm³/mol. The number of amides is 1. The van der Waals surface area contributed by atoms with Gasteiger partial charge < -0.3 is 15.8 Å². The van der Waals surface area contributed by atoms with Crippen LogP contribution in [0.5, 0.6) is 0 Å². The molecule has 9 nitrogen and oxygen atoms in total. The minimum absolute atomic E-state index is 0.0238. The summed E-state index contributed by atoms with van der Waals surface area (Å²) in [6, 6.07) is 2.56. The maximum Gasteiger partial charge on any atom is 0.490 e. The van der Waals surface area contributed by atoms with E-state index in [1.807, 2.05) is 0 Å². The molecule has 0 fully saturated rings. The van der Waals surface area contributed by atoms with E-state index in [0.29, 0.717) is 4.68 Å². The molecular formula is C23H19F9N6O3. The van der Waals surface area contributed by atoms with Crippen molar-refractivity contribution in [2.45, 2.75) is 44.5 Å². The van der Waals surface area contributed by atoms with Gasteiger partial charge in [-0.15, -0.1) is 0 Å². The molecular weight excluding hydrogens is 579 g/mol. The summed E-state index contributed by atoms with van der Waals surface area (Å²) in [6.45, 7) is -0.836. The first-order chi connectivity index (χ1) is 18.7. The number of alkyl halides is 9. The maximum atomic E-state index is 14.4. The largest absolute Gasteiger partial charge is 0.490 e.